The zero-order valence-corrected chi connectivity index (χ0v) is 13.7. The Hall–Kier alpha value is -1.48. The molecule has 0 aliphatic carbocycles. The lowest BCUT2D eigenvalue weighted by molar-refractivity contribution is 0.414. The van der Waals surface area contributed by atoms with Crippen LogP contribution in [0.5, 0.6) is 5.75 Å². The summed E-state index contributed by atoms with van der Waals surface area (Å²) >= 11 is 3.56. The van der Waals surface area contributed by atoms with E-state index in [4.69, 9.17) is 4.74 Å². The van der Waals surface area contributed by atoms with Crippen LogP contribution in [0.3, 0.4) is 0 Å². The van der Waals surface area contributed by atoms with Gasteiger partial charge in [-0.2, -0.15) is 0 Å². The number of hydrogen-bond donors (Lipinski definition) is 1. The molecule has 0 amide bonds. The van der Waals surface area contributed by atoms with Crippen molar-refractivity contribution in [2.24, 2.45) is 0 Å². The van der Waals surface area contributed by atoms with Gasteiger partial charge in [0.2, 0.25) is 0 Å². The van der Waals surface area contributed by atoms with Gasteiger partial charge in [-0.1, -0.05) is 34.1 Å². The second-order valence-electron chi connectivity index (χ2n) is 5.06. The van der Waals surface area contributed by atoms with Crippen LogP contribution in [0, 0.1) is 6.92 Å². The molecule has 0 radical (unpaired) electrons. The summed E-state index contributed by atoms with van der Waals surface area (Å²) in [6, 6.07) is 15.0. The quantitative estimate of drug-likeness (QED) is 0.847. The maximum atomic E-state index is 5.17. The van der Waals surface area contributed by atoms with Gasteiger partial charge in [-0.05, 0) is 55.7 Å². The van der Waals surface area contributed by atoms with Gasteiger partial charge in [0.15, 0.2) is 0 Å². The van der Waals surface area contributed by atoms with Crippen LogP contribution >= 0.6 is 15.9 Å². The molecule has 1 atom stereocenters. The lowest BCUT2D eigenvalue weighted by Gasteiger charge is -2.16. The van der Waals surface area contributed by atoms with Gasteiger partial charge in [-0.3, -0.25) is 0 Å². The molecule has 3 heteroatoms. The highest BCUT2D eigenvalue weighted by Crippen LogP contribution is 2.21. The van der Waals surface area contributed by atoms with Gasteiger partial charge in [-0.25, -0.2) is 0 Å². The smallest absolute Gasteiger partial charge is 0.118 e. The molecule has 0 heterocycles. The van der Waals surface area contributed by atoms with Crippen LogP contribution in [0.2, 0.25) is 0 Å². The van der Waals surface area contributed by atoms with Crippen molar-refractivity contribution in [2.75, 3.05) is 12.4 Å². The molecule has 2 nitrogen and oxygen atoms in total. The van der Waals surface area contributed by atoms with E-state index < -0.39 is 0 Å². The van der Waals surface area contributed by atoms with Crippen molar-refractivity contribution in [3.63, 3.8) is 0 Å². The first-order chi connectivity index (χ1) is 9.58. The molecule has 20 heavy (non-hydrogen) atoms. The number of methoxy groups -OCH3 is 1. The molecular weight excluding hydrogens is 314 g/mol. The minimum absolute atomic E-state index is 0.373. The molecule has 1 N–H and O–H groups in total. The van der Waals surface area contributed by atoms with Crippen molar-refractivity contribution in [1.82, 2.24) is 0 Å². The first kappa shape index (κ1) is 14.9. The average Bonchev–Trinajstić information content (AvgIpc) is 2.44. The second kappa shape index (κ2) is 6.80. The van der Waals surface area contributed by atoms with E-state index in [1.165, 1.54) is 11.1 Å². The number of anilines is 1. The Morgan fingerprint density at radius 1 is 1.15 bits per heavy atom. The first-order valence-corrected chi connectivity index (χ1v) is 7.53. The topological polar surface area (TPSA) is 21.3 Å². The van der Waals surface area contributed by atoms with E-state index in [-0.39, 0.29) is 0 Å². The van der Waals surface area contributed by atoms with Crippen LogP contribution in [0.4, 0.5) is 5.69 Å². The summed E-state index contributed by atoms with van der Waals surface area (Å²) in [7, 11) is 1.69. The van der Waals surface area contributed by atoms with Crippen molar-refractivity contribution in [1.29, 1.82) is 0 Å². The summed E-state index contributed by atoms with van der Waals surface area (Å²) < 4.78 is 6.31. The average molecular weight is 334 g/mol. The van der Waals surface area contributed by atoms with Gasteiger partial charge >= 0.3 is 0 Å². The van der Waals surface area contributed by atoms with Crippen LogP contribution in [-0.2, 0) is 6.42 Å². The van der Waals surface area contributed by atoms with Crippen molar-refractivity contribution in [2.45, 2.75) is 26.3 Å². The predicted molar refractivity (Wildman–Crippen MR) is 88.7 cm³/mol. The largest absolute Gasteiger partial charge is 0.497 e. The third-order valence-corrected chi connectivity index (χ3v) is 4.14. The molecule has 2 rings (SSSR count). The Bertz CT molecular complexity index is 566. The molecule has 1 unspecified atom stereocenters. The monoisotopic (exact) mass is 333 g/mol. The van der Waals surface area contributed by atoms with E-state index in [1.807, 2.05) is 12.1 Å². The second-order valence-corrected chi connectivity index (χ2v) is 5.92. The standard InChI is InChI=1S/C17H20BrNO/c1-12-4-7-15(11-17(12)18)19-13(2)10-14-5-8-16(20-3)9-6-14/h4-9,11,13,19H,10H2,1-3H3. The van der Waals surface area contributed by atoms with Crippen LogP contribution in [0.15, 0.2) is 46.9 Å². The highest BCUT2D eigenvalue weighted by Gasteiger charge is 2.05. The summed E-state index contributed by atoms with van der Waals surface area (Å²) in [5.41, 5.74) is 3.69. The van der Waals surface area contributed by atoms with E-state index in [9.17, 15) is 0 Å². The molecule has 0 spiro atoms. The van der Waals surface area contributed by atoms with Crippen molar-refractivity contribution in [3.8, 4) is 5.75 Å². The third kappa shape index (κ3) is 4.01. The van der Waals surface area contributed by atoms with E-state index >= 15 is 0 Å². The van der Waals surface area contributed by atoms with Crippen molar-refractivity contribution < 1.29 is 4.74 Å². The number of aryl methyl sites for hydroxylation is 1. The zero-order chi connectivity index (χ0) is 14.5. The molecule has 2 aromatic carbocycles. The SMILES string of the molecule is COc1ccc(CC(C)Nc2ccc(C)c(Br)c2)cc1. The summed E-state index contributed by atoms with van der Waals surface area (Å²) in [6.45, 7) is 4.28. The van der Waals surface area contributed by atoms with Gasteiger partial charge < -0.3 is 10.1 Å². The third-order valence-electron chi connectivity index (χ3n) is 3.29. The van der Waals surface area contributed by atoms with Gasteiger partial charge in [0.05, 0.1) is 7.11 Å². The number of hydrogen-bond acceptors (Lipinski definition) is 2. The molecule has 0 saturated heterocycles. The molecule has 0 saturated carbocycles. The molecule has 0 aromatic heterocycles. The fraction of sp³-hybridized carbons (Fsp3) is 0.294. The van der Waals surface area contributed by atoms with Gasteiger partial charge in [-0.15, -0.1) is 0 Å². The number of nitrogens with one attached hydrogen (secondary N) is 1. The number of halogens is 1. The fourth-order valence-corrected chi connectivity index (χ4v) is 2.51. The summed E-state index contributed by atoms with van der Waals surface area (Å²) in [4.78, 5) is 0. The Morgan fingerprint density at radius 2 is 1.85 bits per heavy atom. The number of benzene rings is 2. The minimum Gasteiger partial charge on any atom is -0.497 e. The summed E-state index contributed by atoms with van der Waals surface area (Å²) in [6.07, 6.45) is 0.982. The van der Waals surface area contributed by atoms with Crippen molar-refractivity contribution >= 4 is 21.6 Å². The van der Waals surface area contributed by atoms with Crippen LogP contribution in [0.1, 0.15) is 18.1 Å². The van der Waals surface area contributed by atoms with E-state index in [0.717, 1.165) is 22.3 Å². The van der Waals surface area contributed by atoms with Crippen molar-refractivity contribution in [3.05, 3.63) is 58.1 Å². The number of rotatable bonds is 5. The molecule has 0 bridgehead atoms. The molecule has 0 fully saturated rings. The van der Waals surface area contributed by atoms with E-state index in [2.05, 4.69) is 65.4 Å². The molecule has 0 aliphatic rings. The maximum Gasteiger partial charge on any atom is 0.118 e. The lowest BCUT2D eigenvalue weighted by Crippen LogP contribution is -2.18. The summed E-state index contributed by atoms with van der Waals surface area (Å²) in [5, 5.41) is 3.53. The first-order valence-electron chi connectivity index (χ1n) is 6.74. The van der Waals surface area contributed by atoms with Crippen LogP contribution < -0.4 is 10.1 Å². The maximum absolute atomic E-state index is 5.17. The molecule has 0 aliphatic heterocycles. The highest BCUT2D eigenvalue weighted by molar-refractivity contribution is 9.10. The minimum atomic E-state index is 0.373. The Balaban J connectivity index is 1.97. The Morgan fingerprint density at radius 3 is 2.45 bits per heavy atom. The van der Waals surface area contributed by atoms with Gasteiger partial charge in [0.25, 0.3) is 0 Å². The van der Waals surface area contributed by atoms with E-state index in [0.29, 0.717) is 6.04 Å². The summed E-state index contributed by atoms with van der Waals surface area (Å²) in [5.74, 6) is 0.900. The van der Waals surface area contributed by atoms with E-state index in [1.54, 1.807) is 7.11 Å². The Kier molecular flexibility index (Phi) is 5.07. The van der Waals surface area contributed by atoms with Gasteiger partial charge in [0.1, 0.15) is 5.75 Å². The normalized spacial score (nSPS) is 12.0. The predicted octanol–water partition coefficient (Wildman–Crippen LogP) is 4.81. The molecule has 106 valence electrons. The molecule has 2 aromatic rings. The van der Waals surface area contributed by atoms with Crippen LogP contribution in [-0.4, -0.2) is 13.2 Å². The lowest BCUT2D eigenvalue weighted by atomic mass is 10.1. The van der Waals surface area contributed by atoms with Crippen LogP contribution in [0.25, 0.3) is 0 Å². The molecular formula is C17H20BrNO. The van der Waals surface area contributed by atoms with Gasteiger partial charge in [0, 0.05) is 16.2 Å². The zero-order valence-electron chi connectivity index (χ0n) is 12.1. The highest BCUT2D eigenvalue weighted by atomic mass is 79.9. The fourth-order valence-electron chi connectivity index (χ4n) is 2.13. The number of ether oxygens (including phenoxy) is 1. The Labute approximate surface area is 129 Å².